The van der Waals surface area contributed by atoms with E-state index in [0.29, 0.717) is 6.42 Å². The third-order valence-corrected chi connectivity index (χ3v) is 4.42. The standard InChI is InChI=1S/C13H24N2O4S/c1-9(2)8-10-11(16)15(6-7-20(5,18)19)13(3,4)12(17)14-10/h9-10H,6-8H2,1-5H3,(H,14,17). The first kappa shape index (κ1) is 16.9. The third kappa shape index (κ3) is 3.94. The zero-order valence-corrected chi connectivity index (χ0v) is 13.6. The number of hydrogen-bond acceptors (Lipinski definition) is 4. The number of rotatable bonds is 5. The highest BCUT2D eigenvalue weighted by atomic mass is 32.2. The van der Waals surface area contributed by atoms with Crippen molar-refractivity contribution in [3.8, 4) is 0 Å². The maximum Gasteiger partial charge on any atom is 0.246 e. The predicted octanol–water partition coefficient (Wildman–Crippen LogP) is 0.183. The van der Waals surface area contributed by atoms with Gasteiger partial charge in [-0.3, -0.25) is 9.59 Å². The van der Waals surface area contributed by atoms with Gasteiger partial charge in [-0.2, -0.15) is 0 Å². The molecular formula is C13H24N2O4S. The van der Waals surface area contributed by atoms with Crippen LogP contribution in [-0.4, -0.2) is 55.3 Å². The van der Waals surface area contributed by atoms with Gasteiger partial charge in [0, 0.05) is 12.8 Å². The van der Waals surface area contributed by atoms with Gasteiger partial charge in [0.1, 0.15) is 21.4 Å². The number of carbonyl (C=O) groups is 2. The first-order valence-corrected chi connectivity index (χ1v) is 8.81. The number of piperazine rings is 1. The van der Waals surface area contributed by atoms with Gasteiger partial charge in [-0.15, -0.1) is 0 Å². The topological polar surface area (TPSA) is 83.6 Å². The first-order valence-electron chi connectivity index (χ1n) is 6.75. The Labute approximate surface area is 120 Å². The minimum Gasteiger partial charge on any atom is -0.342 e. The number of sulfone groups is 1. The molecule has 0 saturated carbocycles. The van der Waals surface area contributed by atoms with Crippen molar-refractivity contribution in [1.82, 2.24) is 10.2 Å². The smallest absolute Gasteiger partial charge is 0.246 e. The highest BCUT2D eigenvalue weighted by Gasteiger charge is 2.46. The summed E-state index contributed by atoms with van der Waals surface area (Å²) in [6.45, 7) is 7.26. The summed E-state index contributed by atoms with van der Waals surface area (Å²) in [4.78, 5) is 26.0. The second kappa shape index (κ2) is 5.71. The molecule has 0 aromatic rings. The van der Waals surface area contributed by atoms with Gasteiger partial charge in [-0.1, -0.05) is 13.8 Å². The Balaban J connectivity index is 2.95. The molecule has 0 aromatic heterocycles. The Hall–Kier alpha value is -1.11. The molecule has 2 amide bonds. The molecule has 1 aliphatic heterocycles. The maximum absolute atomic E-state index is 12.5. The Morgan fingerprint density at radius 2 is 1.85 bits per heavy atom. The van der Waals surface area contributed by atoms with E-state index in [2.05, 4.69) is 5.32 Å². The lowest BCUT2D eigenvalue weighted by molar-refractivity contribution is -0.155. The number of nitrogens with one attached hydrogen (secondary N) is 1. The number of nitrogens with zero attached hydrogens (tertiary/aromatic N) is 1. The van der Waals surface area contributed by atoms with Gasteiger partial charge in [0.05, 0.1) is 5.75 Å². The number of amides is 2. The van der Waals surface area contributed by atoms with Gasteiger partial charge in [0.2, 0.25) is 11.8 Å². The van der Waals surface area contributed by atoms with E-state index in [4.69, 9.17) is 0 Å². The van der Waals surface area contributed by atoms with E-state index in [1.54, 1.807) is 13.8 Å². The molecular weight excluding hydrogens is 280 g/mol. The third-order valence-electron chi connectivity index (χ3n) is 3.49. The molecule has 0 aliphatic carbocycles. The van der Waals surface area contributed by atoms with Crippen LogP contribution >= 0.6 is 0 Å². The summed E-state index contributed by atoms with van der Waals surface area (Å²) in [6, 6.07) is -0.560. The minimum absolute atomic E-state index is 0.0483. The normalized spacial score (nSPS) is 23.1. The van der Waals surface area contributed by atoms with Gasteiger partial charge in [0.15, 0.2) is 0 Å². The lowest BCUT2D eigenvalue weighted by Gasteiger charge is -2.44. The van der Waals surface area contributed by atoms with E-state index in [9.17, 15) is 18.0 Å². The van der Waals surface area contributed by atoms with E-state index >= 15 is 0 Å². The van der Waals surface area contributed by atoms with Crippen LogP contribution in [0, 0.1) is 5.92 Å². The van der Waals surface area contributed by atoms with Crippen LogP contribution in [0.2, 0.25) is 0 Å². The van der Waals surface area contributed by atoms with Crippen LogP contribution < -0.4 is 5.32 Å². The van der Waals surface area contributed by atoms with Gasteiger partial charge in [-0.05, 0) is 26.2 Å². The molecule has 116 valence electrons. The molecule has 1 heterocycles. The molecule has 20 heavy (non-hydrogen) atoms. The van der Waals surface area contributed by atoms with Crippen molar-refractivity contribution < 1.29 is 18.0 Å². The molecule has 0 radical (unpaired) electrons. The van der Waals surface area contributed by atoms with Crippen LogP contribution in [0.4, 0.5) is 0 Å². The summed E-state index contributed by atoms with van der Waals surface area (Å²) in [5.41, 5.74) is -1.02. The minimum atomic E-state index is -3.18. The highest BCUT2D eigenvalue weighted by Crippen LogP contribution is 2.23. The van der Waals surface area contributed by atoms with Crippen molar-refractivity contribution in [2.75, 3.05) is 18.6 Å². The average molecular weight is 304 g/mol. The molecule has 6 nitrogen and oxygen atoms in total. The molecule has 0 spiro atoms. The van der Waals surface area contributed by atoms with Crippen molar-refractivity contribution in [1.29, 1.82) is 0 Å². The fourth-order valence-electron chi connectivity index (χ4n) is 2.26. The molecule has 1 unspecified atom stereocenters. The average Bonchev–Trinajstić information content (AvgIpc) is 2.23. The van der Waals surface area contributed by atoms with Crippen LogP contribution in [0.15, 0.2) is 0 Å². The number of hydrogen-bond donors (Lipinski definition) is 1. The van der Waals surface area contributed by atoms with E-state index < -0.39 is 21.4 Å². The van der Waals surface area contributed by atoms with Crippen molar-refractivity contribution in [2.24, 2.45) is 5.92 Å². The summed E-state index contributed by atoms with van der Waals surface area (Å²) in [5, 5.41) is 2.74. The molecule has 1 atom stereocenters. The fraction of sp³-hybridized carbons (Fsp3) is 0.846. The van der Waals surface area contributed by atoms with E-state index in [0.717, 1.165) is 6.26 Å². The summed E-state index contributed by atoms with van der Waals surface area (Å²) in [7, 11) is -3.18. The molecule has 1 rings (SSSR count). The SMILES string of the molecule is CC(C)CC1NC(=O)C(C)(C)N(CCS(C)(=O)=O)C1=O. The highest BCUT2D eigenvalue weighted by molar-refractivity contribution is 7.90. The van der Waals surface area contributed by atoms with Crippen molar-refractivity contribution in [3.63, 3.8) is 0 Å². The second-order valence-electron chi connectivity index (χ2n) is 6.33. The molecule has 1 saturated heterocycles. The Bertz CT molecular complexity index is 497. The Kier molecular flexibility index (Phi) is 4.84. The Morgan fingerprint density at radius 1 is 1.30 bits per heavy atom. The van der Waals surface area contributed by atoms with Gasteiger partial charge in [0.25, 0.3) is 0 Å². The lowest BCUT2D eigenvalue weighted by atomic mass is 9.92. The van der Waals surface area contributed by atoms with E-state index in [1.807, 2.05) is 13.8 Å². The van der Waals surface area contributed by atoms with E-state index in [1.165, 1.54) is 4.90 Å². The van der Waals surface area contributed by atoms with Crippen LogP contribution in [-0.2, 0) is 19.4 Å². The monoisotopic (exact) mass is 304 g/mol. The van der Waals surface area contributed by atoms with Crippen LogP contribution in [0.5, 0.6) is 0 Å². The summed E-state index contributed by atoms with van der Waals surface area (Å²) in [6.07, 6.45) is 1.68. The quantitative estimate of drug-likeness (QED) is 0.785. The summed E-state index contributed by atoms with van der Waals surface area (Å²) in [5.74, 6) is -0.311. The zero-order chi connectivity index (χ0) is 15.7. The molecule has 7 heteroatoms. The first-order chi connectivity index (χ1) is 8.95. The molecule has 0 bridgehead atoms. The maximum atomic E-state index is 12.5. The lowest BCUT2D eigenvalue weighted by Crippen LogP contribution is -2.69. The molecule has 1 N–H and O–H groups in total. The summed E-state index contributed by atoms with van der Waals surface area (Å²) < 4.78 is 22.6. The molecule has 0 aromatic carbocycles. The van der Waals surface area contributed by atoms with Gasteiger partial charge in [-0.25, -0.2) is 8.42 Å². The number of carbonyl (C=O) groups excluding carboxylic acids is 2. The summed E-state index contributed by atoms with van der Waals surface area (Å²) >= 11 is 0. The van der Waals surface area contributed by atoms with Crippen LogP contribution in [0.25, 0.3) is 0 Å². The fourth-order valence-corrected chi connectivity index (χ4v) is 2.77. The van der Waals surface area contributed by atoms with Crippen molar-refractivity contribution in [3.05, 3.63) is 0 Å². The van der Waals surface area contributed by atoms with Gasteiger partial charge >= 0.3 is 0 Å². The molecule has 1 fully saturated rings. The largest absolute Gasteiger partial charge is 0.342 e. The van der Waals surface area contributed by atoms with Gasteiger partial charge < -0.3 is 10.2 Å². The zero-order valence-electron chi connectivity index (χ0n) is 12.8. The van der Waals surface area contributed by atoms with Crippen LogP contribution in [0.3, 0.4) is 0 Å². The predicted molar refractivity (Wildman–Crippen MR) is 76.9 cm³/mol. The molecule has 1 aliphatic rings. The second-order valence-corrected chi connectivity index (χ2v) is 8.59. The Morgan fingerprint density at radius 3 is 2.30 bits per heavy atom. The van der Waals surface area contributed by atoms with E-state index in [-0.39, 0.29) is 30.0 Å². The van der Waals surface area contributed by atoms with Crippen molar-refractivity contribution in [2.45, 2.75) is 45.7 Å². The van der Waals surface area contributed by atoms with Crippen LogP contribution in [0.1, 0.15) is 34.1 Å². The van der Waals surface area contributed by atoms with Crippen molar-refractivity contribution >= 4 is 21.7 Å².